The minimum atomic E-state index is -0.00329. The van der Waals surface area contributed by atoms with Crippen LogP contribution in [0.2, 0.25) is 0 Å². The number of thiophene rings is 1. The van der Waals surface area contributed by atoms with E-state index in [1.807, 2.05) is 30.5 Å². The van der Waals surface area contributed by atoms with Gasteiger partial charge in [-0.3, -0.25) is 4.79 Å². The summed E-state index contributed by atoms with van der Waals surface area (Å²) in [5, 5.41) is 2.01. The van der Waals surface area contributed by atoms with Crippen LogP contribution in [-0.4, -0.2) is 24.0 Å². The predicted octanol–water partition coefficient (Wildman–Crippen LogP) is 2.91. The Morgan fingerprint density at radius 2 is 2.32 bits per heavy atom. The summed E-state index contributed by atoms with van der Waals surface area (Å²) in [5.41, 5.74) is 0.987. The Hall–Kier alpha value is -1.59. The van der Waals surface area contributed by atoms with Crippen molar-refractivity contribution >= 4 is 17.2 Å². The second-order valence-corrected chi connectivity index (χ2v) is 5.13. The zero-order valence-electron chi connectivity index (χ0n) is 10.9. The van der Waals surface area contributed by atoms with Gasteiger partial charge in [0.25, 0.3) is 0 Å². The Labute approximate surface area is 116 Å². The number of hydrogen-bond acceptors (Lipinski definition) is 4. The summed E-state index contributed by atoms with van der Waals surface area (Å²) in [4.78, 5) is 15.1. The molecule has 19 heavy (non-hydrogen) atoms. The van der Waals surface area contributed by atoms with Crippen LogP contribution in [0, 0.1) is 0 Å². The largest absolute Gasteiger partial charge is 0.472 e. The second kappa shape index (κ2) is 7.11. The Kier molecular flexibility index (Phi) is 5.18. The van der Waals surface area contributed by atoms with Gasteiger partial charge >= 0.3 is 0 Å². The lowest BCUT2D eigenvalue weighted by Crippen LogP contribution is -2.32. The Morgan fingerprint density at radius 3 is 2.95 bits per heavy atom. The summed E-state index contributed by atoms with van der Waals surface area (Å²) in [7, 11) is 0. The molecular weight excluding hydrogens is 262 g/mol. The second-order valence-electron chi connectivity index (χ2n) is 4.10. The van der Waals surface area contributed by atoms with Crippen molar-refractivity contribution in [2.45, 2.75) is 20.0 Å². The number of rotatable bonds is 7. The molecule has 2 heterocycles. The van der Waals surface area contributed by atoms with Crippen LogP contribution in [0.5, 0.6) is 0 Å². The third-order valence-corrected chi connectivity index (χ3v) is 3.52. The van der Waals surface area contributed by atoms with Crippen LogP contribution in [0.25, 0.3) is 0 Å². The topological polar surface area (TPSA) is 42.7 Å². The van der Waals surface area contributed by atoms with Gasteiger partial charge in [0.1, 0.15) is 6.61 Å². The molecule has 2 aromatic rings. The van der Waals surface area contributed by atoms with Crippen molar-refractivity contribution in [2.24, 2.45) is 0 Å². The molecule has 0 aliphatic heterocycles. The van der Waals surface area contributed by atoms with Crippen molar-refractivity contribution in [1.82, 2.24) is 4.90 Å². The maximum absolute atomic E-state index is 12.1. The fraction of sp³-hybridized carbons (Fsp3) is 0.357. The van der Waals surface area contributed by atoms with E-state index in [-0.39, 0.29) is 12.5 Å². The molecule has 1 amide bonds. The van der Waals surface area contributed by atoms with Gasteiger partial charge in [-0.2, -0.15) is 0 Å². The molecule has 0 saturated carbocycles. The first-order valence-electron chi connectivity index (χ1n) is 6.18. The van der Waals surface area contributed by atoms with Crippen molar-refractivity contribution in [2.75, 3.05) is 13.2 Å². The monoisotopic (exact) mass is 279 g/mol. The fourth-order valence-electron chi connectivity index (χ4n) is 1.71. The van der Waals surface area contributed by atoms with Crippen LogP contribution in [0.1, 0.15) is 17.4 Å². The van der Waals surface area contributed by atoms with E-state index in [4.69, 9.17) is 9.15 Å². The average molecular weight is 279 g/mol. The number of nitrogens with zero attached hydrogens (tertiary/aromatic N) is 1. The number of amides is 1. The highest BCUT2D eigenvalue weighted by molar-refractivity contribution is 7.09. The number of hydrogen-bond donors (Lipinski definition) is 0. The van der Waals surface area contributed by atoms with E-state index in [9.17, 15) is 4.79 Å². The molecule has 2 aromatic heterocycles. The number of ether oxygens (including phenoxy) is 1. The van der Waals surface area contributed by atoms with Crippen LogP contribution in [0.15, 0.2) is 40.5 Å². The third-order valence-electron chi connectivity index (χ3n) is 2.66. The maximum atomic E-state index is 12.1. The van der Waals surface area contributed by atoms with Gasteiger partial charge in [-0.25, -0.2) is 0 Å². The van der Waals surface area contributed by atoms with Gasteiger partial charge in [-0.1, -0.05) is 6.07 Å². The van der Waals surface area contributed by atoms with Crippen LogP contribution in [-0.2, 0) is 22.6 Å². The first-order valence-corrected chi connectivity index (χ1v) is 7.06. The average Bonchev–Trinajstić information content (AvgIpc) is 3.08. The number of furan rings is 1. The Balaban J connectivity index is 2.01. The van der Waals surface area contributed by atoms with Crippen molar-refractivity contribution in [3.05, 3.63) is 46.5 Å². The normalized spacial score (nSPS) is 10.6. The quantitative estimate of drug-likeness (QED) is 0.782. The summed E-state index contributed by atoms with van der Waals surface area (Å²) >= 11 is 1.65. The fourth-order valence-corrected chi connectivity index (χ4v) is 2.43. The lowest BCUT2D eigenvalue weighted by molar-refractivity contribution is -0.137. The van der Waals surface area contributed by atoms with Crippen LogP contribution < -0.4 is 0 Å². The highest BCUT2D eigenvalue weighted by Crippen LogP contribution is 2.15. The molecule has 0 fully saturated rings. The summed E-state index contributed by atoms with van der Waals surface area (Å²) in [6.45, 7) is 3.70. The molecule has 0 N–H and O–H groups in total. The van der Waals surface area contributed by atoms with Crippen molar-refractivity contribution in [1.29, 1.82) is 0 Å². The van der Waals surface area contributed by atoms with Crippen LogP contribution in [0.4, 0.5) is 0 Å². The van der Waals surface area contributed by atoms with Crippen LogP contribution in [0.3, 0.4) is 0 Å². The van der Waals surface area contributed by atoms with Gasteiger partial charge < -0.3 is 14.1 Å². The van der Waals surface area contributed by atoms with E-state index in [1.54, 1.807) is 28.8 Å². The molecule has 0 radical (unpaired) electrons. The van der Waals surface area contributed by atoms with Crippen molar-refractivity contribution < 1.29 is 13.9 Å². The minimum absolute atomic E-state index is 0.00329. The van der Waals surface area contributed by atoms with E-state index < -0.39 is 0 Å². The summed E-state index contributed by atoms with van der Waals surface area (Å²) in [6, 6.07) is 5.89. The molecule has 0 unspecified atom stereocenters. The number of carbonyl (C=O) groups excluding carboxylic acids is 1. The first-order chi connectivity index (χ1) is 9.29. The Bertz CT molecular complexity index is 443. The van der Waals surface area contributed by atoms with E-state index >= 15 is 0 Å². The molecule has 2 rings (SSSR count). The van der Waals surface area contributed by atoms with Gasteiger partial charge in [0.05, 0.1) is 19.1 Å². The van der Waals surface area contributed by atoms with E-state index in [0.29, 0.717) is 19.7 Å². The highest BCUT2D eigenvalue weighted by Gasteiger charge is 2.15. The van der Waals surface area contributed by atoms with Crippen molar-refractivity contribution in [3.8, 4) is 0 Å². The molecule has 5 heteroatoms. The van der Waals surface area contributed by atoms with E-state index in [0.717, 1.165) is 10.4 Å². The summed E-state index contributed by atoms with van der Waals surface area (Å²) < 4.78 is 10.2. The zero-order valence-corrected chi connectivity index (χ0v) is 11.7. The Morgan fingerprint density at radius 1 is 1.42 bits per heavy atom. The first kappa shape index (κ1) is 13.8. The molecular formula is C14H17NO3S. The van der Waals surface area contributed by atoms with Crippen LogP contribution >= 0.6 is 11.3 Å². The lowest BCUT2D eigenvalue weighted by atomic mass is 10.3. The molecule has 0 bridgehead atoms. The molecule has 0 atom stereocenters. The number of carbonyl (C=O) groups is 1. The summed E-state index contributed by atoms with van der Waals surface area (Å²) in [6.07, 6.45) is 3.28. The van der Waals surface area contributed by atoms with Gasteiger partial charge in [-0.15, -0.1) is 11.3 Å². The molecule has 102 valence electrons. The smallest absolute Gasteiger partial charge is 0.249 e. The molecule has 0 saturated heterocycles. The zero-order chi connectivity index (χ0) is 13.5. The summed E-state index contributed by atoms with van der Waals surface area (Å²) in [5.74, 6) is -0.00329. The van der Waals surface area contributed by atoms with Gasteiger partial charge in [0.15, 0.2) is 0 Å². The van der Waals surface area contributed by atoms with Gasteiger partial charge in [0.2, 0.25) is 5.91 Å². The van der Waals surface area contributed by atoms with Gasteiger partial charge in [-0.05, 0) is 24.4 Å². The molecule has 0 aliphatic rings. The predicted molar refractivity (Wildman–Crippen MR) is 73.8 cm³/mol. The van der Waals surface area contributed by atoms with Crippen molar-refractivity contribution in [3.63, 3.8) is 0 Å². The highest BCUT2D eigenvalue weighted by atomic mass is 32.1. The third kappa shape index (κ3) is 4.22. The molecule has 0 aliphatic carbocycles. The standard InChI is InChI=1S/C14H17NO3S/c1-2-17-11-14(16)15(8-12-5-6-18-10-12)9-13-4-3-7-19-13/h3-7,10H,2,8-9,11H2,1H3. The molecule has 0 aromatic carbocycles. The van der Waals surface area contributed by atoms with Gasteiger partial charge in [0, 0.05) is 23.6 Å². The van der Waals surface area contributed by atoms with E-state index in [2.05, 4.69) is 0 Å². The maximum Gasteiger partial charge on any atom is 0.249 e. The SMILES string of the molecule is CCOCC(=O)N(Cc1ccoc1)Cc1cccs1. The molecule has 0 spiro atoms. The minimum Gasteiger partial charge on any atom is -0.472 e. The molecule has 4 nitrogen and oxygen atoms in total. The van der Waals surface area contributed by atoms with E-state index in [1.165, 1.54) is 0 Å². The lowest BCUT2D eigenvalue weighted by Gasteiger charge is -2.21.